The molecule has 1 heterocycles. The number of carbonyl (C=O) groups is 1. The Balaban J connectivity index is 2.49. The number of carboxylic acid groups (broad SMARTS) is 1. The molecule has 27 heavy (non-hydrogen) atoms. The number of aliphatic carboxylic acids is 1. The molecule has 0 bridgehead atoms. The highest BCUT2D eigenvalue weighted by atomic mass is 16.5. The van der Waals surface area contributed by atoms with Gasteiger partial charge in [-0.3, -0.25) is 0 Å². The van der Waals surface area contributed by atoms with E-state index in [9.17, 15) is 15.0 Å². The molecule has 0 radical (unpaired) electrons. The fourth-order valence-electron chi connectivity index (χ4n) is 3.58. The highest BCUT2D eigenvalue weighted by molar-refractivity contribution is 6.04. The lowest BCUT2D eigenvalue weighted by Gasteiger charge is -2.12. The normalized spacial score (nSPS) is 11.8. The van der Waals surface area contributed by atoms with E-state index in [0.717, 1.165) is 22.3 Å². The topological polar surface area (TPSA) is 71.7 Å². The van der Waals surface area contributed by atoms with Crippen LogP contribution in [0.2, 0.25) is 0 Å². The van der Waals surface area contributed by atoms with E-state index < -0.39 is 5.97 Å². The summed E-state index contributed by atoms with van der Waals surface area (Å²) in [6.07, 6.45) is 1.62. The molecule has 0 aliphatic heterocycles. The number of carboxylic acids is 1. The molecule has 0 fully saturated rings. The monoisotopic (exact) mass is 365 g/mol. The zero-order chi connectivity index (χ0) is 19.7. The molecule has 1 aromatic heterocycles. The van der Waals surface area contributed by atoms with Crippen molar-refractivity contribution in [2.24, 2.45) is 0 Å². The van der Waals surface area contributed by atoms with E-state index in [-0.39, 0.29) is 11.3 Å². The largest absolute Gasteiger partial charge is 0.504 e. The van der Waals surface area contributed by atoms with E-state index in [1.54, 1.807) is 19.1 Å². The molecule has 2 aromatic carbocycles. The van der Waals surface area contributed by atoms with E-state index in [2.05, 4.69) is 4.57 Å². The Hall–Kier alpha value is -3.21. The van der Waals surface area contributed by atoms with Gasteiger partial charge in [0.25, 0.3) is 0 Å². The zero-order valence-corrected chi connectivity index (χ0v) is 15.9. The predicted molar refractivity (Wildman–Crippen MR) is 107 cm³/mol. The summed E-state index contributed by atoms with van der Waals surface area (Å²) in [7, 11) is 1.49. The van der Waals surface area contributed by atoms with Crippen molar-refractivity contribution >= 4 is 22.9 Å². The minimum absolute atomic E-state index is 0.0690. The lowest BCUT2D eigenvalue weighted by Crippen LogP contribution is -2.00. The Labute approximate surface area is 158 Å². The number of hydrogen-bond donors (Lipinski definition) is 2. The molecule has 3 aromatic rings. The van der Waals surface area contributed by atoms with E-state index in [1.807, 2.05) is 44.2 Å². The molecule has 0 aliphatic carbocycles. The van der Waals surface area contributed by atoms with Crippen molar-refractivity contribution in [2.75, 3.05) is 7.11 Å². The Morgan fingerprint density at radius 2 is 1.93 bits per heavy atom. The van der Waals surface area contributed by atoms with Crippen molar-refractivity contribution in [3.63, 3.8) is 0 Å². The van der Waals surface area contributed by atoms with Crippen LogP contribution in [0.4, 0.5) is 0 Å². The second-order valence-electron chi connectivity index (χ2n) is 6.46. The number of aryl methyl sites for hydroxylation is 2. The van der Waals surface area contributed by atoms with Crippen molar-refractivity contribution in [1.82, 2.24) is 4.57 Å². The third-order valence-corrected chi connectivity index (χ3v) is 4.83. The Bertz CT molecular complexity index is 1050. The Morgan fingerprint density at radius 3 is 2.48 bits per heavy atom. The first-order valence-electron chi connectivity index (χ1n) is 8.80. The molecule has 5 nitrogen and oxygen atoms in total. The quantitative estimate of drug-likeness (QED) is 0.635. The van der Waals surface area contributed by atoms with Crippen molar-refractivity contribution in [2.45, 2.75) is 27.3 Å². The van der Waals surface area contributed by atoms with Crippen LogP contribution in [0.15, 0.2) is 42.0 Å². The van der Waals surface area contributed by atoms with Gasteiger partial charge in [-0.05, 0) is 44.0 Å². The highest BCUT2D eigenvalue weighted by Crippen LogP contribution is 2.44. The van der Waals surface area contributed by atoms with Crippen LogP contribution < -0.4 is 4.74 Å². The predicted octanol–water partition coefficient (Wildman–Crippen LogP) is 4.84. The fourth-order valence-corrected chi connectivity index (χ4v) is 3.58. The maximum absolute atomic E-state index is 11.4. The van der Waals surface area contributed by atoms with Gasteiger partial charge < -0.3 is 19.5 Å². The standard InChI is InChI=1S/C22H23NO4/c1-5-23-19(15-9-7-6-8-10-15)14(3)18-20(23)16(11-13(2)22(25)26)12-17(27-4)21(18)24/h6-12,24H,5H2,1-4H3,(H,25,26)/b13-11+. The van der Waals surface area contributed by atoms with Gasteiger partial charge in [-0.15, -0.1) is 0 Å². The first kappa shape index (κ1) is 18.6. The van der Waals surface area contributed by atoms with Gasteiger partial charge in [0, 0.05) is 23.1 Å². The van der Waals surface area contributed by atoms with Gasteiger partial charge in [0.1, 0.15) is 0 Å². The van der Waals surface area contributed by atoms with Crippen LogP contribution >= 0.6 is 0 Å². The van der Waals surface area contributed by atoms with Crippen molar-refractivity contribution in [3.05, 3.63) is 53.1 Å². The third kappa shape index (κ3) is 3.05. The maximum Gasteiger partial charge on any atom is 0.331 e. The van der Waals surface area contributed by atoms with Gasteiger partial charge in [0.15, 0.2) is 11.5 Å². The second-order valence-corrected chi connectivity index (χ2v) is 6.46. The fraction of sp³-hybridized carbons (Fsp3) is 0.227. The Morgan fingerprint density at radius 1 is 1.26 bits per heavy atom. The highest BCUT2D eigenvalue weighted by Gasteiger charge is 2.22. The summed E-state index contributed by atoms with van der Waals surface area (Å²) in [5, 5.41) is 20.8. The Kier molecular flexibility index (Phi) is 4.95. The molecule has 3 rings (SSSR count). The van der Waals surface area contributed by atoms with Gasteiger partial charge in [0.2, 0.25) is 0 Å². The smallest absolute Gasteiger partial charge is 0.331 e. The van der Waals surface area contributed by atoms with Gasteiger partial charge in [-0.1, -0.05) is 30.3 Å². The first-order valence-corrected chi connectivity index (χ1v) is 8.80. The molecule has 0 unspecified atom stereocenters. The molecule has 0 saturated heterocycles. The number of fused-ring (bicyclic) bond motifs is 1. The molecule has 0 atom stereocenters. The number of rotatable bonds is 5. The molecule has 0 spiro atoms. The minimum Gasteiger partial charge on any atom is -0.504 e. The van der Waals surface area contributed by atoms with Crippen LogP contribution in [0.3, 0.4) is 0 Å². The molecule has 5 heteroatoms. The first-order chi connectivity index (χ1) is 12.9. The number of phenolic OH excluding ortho intramolecular Hbond substituents is 1. The van der Waals surface area contributed by atoms with Gasteiger partial charge in [-0.25, -0.2) is 4.79 Å². The van der Waals surface area contributed by atoms with Crippen LogP contribution in [0.5, 0.6) is 11.5 Å². The molecule has 2 N–H and O–H groups in total. The summed E-state index contributed by atoms with van der Waals surface area (Å²) in [5.41, 5.74) is 4.68. The van der Waals surface area contributed by atoms with Crippen LogP contribution in [-0.4, -0.2) is 27.9 Å². The van der Waals surface area contributed by atoms with Crippen molar-refractivity contribution in [1.29, 1.82) is 0 Å². The average molecular weight is 365 g/mol. The second kappa shape index (κ2) is 7.19. The number of phenols is 1. The number of nitrogens with zero attached hydrogens (tertiary/aromatic N) is 1. The average Bonchev–Trinajstić information content (AvgIpc) is 2.97. The van der Waals surface area contributed by atoms with Gasteiger partial charge >= 0.3 is 5.97 Å². The number of hydrogen-bond acceptors (Lipinski definition) is 3. The molecule has 0 aliphatic rings. The van der Waals surface area contributed by atoms with Crippen LogP contribution in [0.1, 0.15) is 25.0 Å². The van der Waals surface area contributed by atoms with E-state index in [4.69, 9.17) is 4.74 Å². The number of ether oxygens (including phenoxy) is 1. The van der Waals surface area contributed by atoms with Crippen LogP contribution in [0.25, 0.3) is 28.2 Å². The zero-order valence-electron chi connectivity index (χ0n) is 15.9. The molecule has 140 valence electrons. The third-order valence-electron chi connectivity index (χ3n) is 4.83. The summed E-state index contributed by atoms with van der Waals surface area (Å²) >= 11 is 0. The van der Waals surface area contributed by atoms with Gasteiger partial charge in [-0.2, -0.15) is 0 Å². The number of methoxy groups -OCH3 is 1. The minimum atomic E-state index is -0.982. The molecular weight excluding hydrogens is 342 g/mol. The number of aromatic hydroxyl groups is 1. The van der Waals surface area contributed by atoms with E-state index in [1.165, 1.54) is 7.11 Å². The van der Waals surface area contributed by atoms with Crippen molar-refractivity contribution < 1.29 is 19.7 Å². The number of benzene rings is 2. The SMILES string of the molecule is CCn1c(-c2ccccc2)c(C)c2c(O)c(OC)cc(/C=C(\C)C(=O)O)c21. The lowest BCUT2D eigenvalue weighted by molar-refractivity contribution is -0.132. The summed E-state index contributed by atoms with van der Waals surface area (Å²) in [5.74, 6) is -0.591. The molecule has 0 saturated carbocycles. The summed E-state index contributed by atoms with van der Waals surface area (Å²) in [4.78, 5) is 11.4. The van der Waals surface area contributed by atoms with E-state index >= 15 is 0 Å². The van der Waals surface area contributed by atoms with Crippen LogP contribution in [0, 0.1) is 6.92 Å². The molecular formula is C22H23NO4. The van der Waals surface area contributed by atoms with Crippen molar-refractivity contribution in [3.8, 4) is 22.8 Å². The summed E-state index contributed by atoms with van der Waals surface area (Å²) in [6.45, 7) is 6.22. The maximum atomic E-state index is 11.4. The van der Waals surface area contributed by atoms with Gasteiger partial charge in [0.05, 0.1) is 18.3 Å². The van der Waals surface area contributed by atoms with E-state index in [0.29, 0.717) is 23.2 Å². The number of aromatic nitrogens is 1. The van der Waals surface area contributed by atoms with Crippen LogP contribution in [-0.2, 0) is 11.3 Å². The molecule has 0 amide bonds. The lowest BCUT2D eigenvalue weighted by atomic mass is 10.0. The summed E-state index contributed by atoms with van der Waals surface area (Å²) in [6, 6.07) is 11.6. The summed E-state index contributed by atoms with van der Waals surface area (Å²) < 4.78 is 7.45.